The number of alkyl halides is 1. The molecule has 1 fully saturated rings. The Morgan fingerprint density at radius 2 is 2.29 bits per heavy atom. The van der Waals surface area contributed by atoms with E-state index in [4.69, 9.17) is 11.6 Å². The Bertz CT molecular complexity index is 479. The second kappa shape index (κ2) is 4.79. The molecule has 0 spiro atoms. The highest BCUT2D eigenvalue weighted by Crippen LogP contribution is 2.26. The summed E-state index contributed by atoms with van der Waals surface area (Å²) >= 11 is 5.58. The van der Waals surface area contributed by atoms with Crippen molar-refractivity contribution in [3.63, 3.8) is 0 Å². The van der Waals surface area contributed by atoms with Gasteiger partial charge in [-0.2, -0.15) is 0 Å². The summed E-state index contributed by atoms with van der Waals surface area (Å²) in [5, 5.41) is 2.18. The summed E-state index contributed by atoms with van der Waals surface area (Å²) < 4.78 is 13.9. The van der Waals surface area contributed by atoms with Gasteiger partial charge in [-0.05, 0) is 12.5 Å². The third-order valence-corrected chi connectivity index (χ3v) is 3.00. The molecule has 1 aliphatic rings. The Morgan fingerprint density at radius 3 is 2.94 bits per heavy atom. The Balaban J connectivity index is 2.34. The molecule has 0 radical (unpaired) electrons. The van der Waals surface area contributed by atoms with E-state index in [2.05, 4.69) is 10.3 Å². The molecule has 1 N–H and O–H groups in total. The topological polar surface area (TPSA) is 59.1 Å². The molecule has 1 saturated heterocycles. The first-order valence-corrected chi connectivity index (χ1v) is 5.70. The van der Waals surface area contributed by atoms with Gasteiger partial charge in [0.1, 0.15) is 5.82 Å². The standard InChI is InChI=1S/C11H10ClFN2O2/c12-5-6-3-4-14-10(9(6)13)7-1-2-8(16)15-11(7)17/h3-4,7H,1-2,5H2,(H,15,16,17). The highest BCUT2D eigenvalue weighted by Gasteiger charge is 2.31. The average molecular weight is 257 g/mol. The molecule has 0 saturated carbocycles. The summed E-state index contributed by atoms with van der Waals surface area (Å²) in [5.41, 5.74) is 0.370. The maximum atomic E-state index is 13.9. The van der Waals surface area contributed by atoms with Crippen LogP contribution in [0.5, 0.6) is 0 Å². The molecule has 4 nitrogen and oxygen atoms in total. The van der Waals surface area contributed by atoms with E-state index in [1.165, 1.54) is 12.3 Å². The second-order valence-electron chi connectivity index (χ2n) is 3.81. The molecule has 1 aliphatic heterocycles. The zero-order chi connectivity index (χ0) is 12.4. The van der Waals surface area contributed by atoms with Gasteiger partial charge >= 0.3 is 0 Å². The predicted molar refractivity (Wildman–Crippen MR) is 58.9 cm³/mol. The number of aromatic nitrogens is 1. The molecule has 90 valence electrons. The minimum absolute atomic E-state index is 0.0224. The Labute approximate surface area is 102 Å². The molecule has 6 heteroatoms. The molecule has 0 aromatic carbocycles. The number of piperidine rings is 1. The van der Waals surface area contributed by atoms with Crippen LogP contribution in [0.4, 0.5) is 4.39 Å². The zero-order valence-electron chi connectivity index (χ0n) is 8.87. The van der Waals surface area contributed by atoms with Crippen LogP contribution in [0.3, 0.4) is 0 Å². The smallest absolute Gasteiger partial charge is 0.235 e. The highest BCUT2D eigenvalue weighted by atomic mass is 35.5. The zero-order valence-corrected chi connectivity index (χ0v) is 9.63. The number of nitrogens with one attached hydrogen (secondary N) is 1. The second-order valence-corrected chi connectivity index (χ2v) is 4.07. The van der Waals surface area contributed by atoms with Gasteiger partial charge in [0.05, 0.1) is 17.5 Å². The molecule has 1 atom stereocenters. The van der Waals surface area contributed by atoms with Crippen molar-refractivity contribution in [1.29, 1.82) is 0 Å². The molecule has 0 bridgehead atoms. The normalized spacial score (nSPS) is 20.2. The molecule has 1 unspecified atom stereocenters. The van der Waals surface area contributed by atoms with Crippen LogP contribution in [0.1, 0.15) is 30.0 Å². The first-order valence-electron chi connectivity index (χ1n) is 5.16. The summed E-state index contributed by atoms with van der Waals surface area (Å²) in [6.45, 7) is 0. The maximum absolute atomic E-state index is 13.9. The molecule has 1 aromatic rings. The summed E-state index contributed by atoms with van der Waals surface area (Å²) in [6, 6.07) is 1.47. The van der Waals surface area contributed by atoms with Crippen molar-refractivity contribution in [1.82, 2.24) is 10.3 Å². The van der Waals surface area contributed by atoms with Gasteiger partial charge in [-0.25, -0.2) is 4.39 Å². The summed E-state index contributed by atoms with van der Waals surface area (Å²) in [5.74, 6) is -2.08. The van der Waals surface area contributed by atoms with Crippen LogP contribution < -0.4 is 5.32 Å². The fourth-order valence-electron chi connectivity index (χ4n) is 1.80. The molecular formula is C11H10ClFN2O2. The van der Waals surface area contributed by atoms with E-state index in [1.54, 1.807) is 0 Å². The van der Waals surface area contributed by atoms with Crippen molar-refractivity contribution < 1.29 is 14.0 Å². The first-order chi connectivity index (χ1) is 8.13. The Hall–Kier alpha value is -1.49. The Morgan fingerprint density at radius 1 is 1.53 bits per heavy atom. The number of hydrogen-bond acceptors (Lipinski definition) is 3. The van der Waals surface area contributed by atoms with Crippen molar-refractivity contribution in [2.24, 2.45) is 0 Å². The van der Waals surface area contributed by atoms with Crippen molar-refractivity contribution in [3.8, 4) is 0 Å². The number of carbonyl (C=O) groups is 2. The quantitative estimate of drug-likeness (QED) is 0.644. The van der Waals surface area contributed by atoms with Crippen LogP contribution >= 0.6 is 11.6 Å². The number of hydrogen-bond donors (Lipinski definition) is 1. The van der Waals surface area contributed by atoms with Crippen LogP contribution in [0.2, 0.25) is 0 Å². The van der Waals surface area contributed by atoms with E-state index < -0.39 is 17.6 Å². The first kappa shape index (κ1) is 12.0. The minimum atomic E-state index is -0.712. The lowest BCUT2D eigenvalue weighted by Gasteiger charge is -2.21. The lowest BCUT2D eigenvalue weighted by Crippen LogP contribution is -2.40. The lowest BCUT2D eigenvalue weighted by atomic mass is 9.93. The van der Waals surface area contributed by atoms with Gasteiger partial charge in [-0.1, -0.05) is 0 Å². The number of pyridine rings is 1. The SMILES string of the molecule is O=C1CCC(c2nccc(CCl)c2F)C(=O)N1. The fourth-order valence-corrected chi connectivity index (χ4v) is 2.01. The van der Waals surface area contributed by atoms with Gasteiger partial charge in [0.25, 0.3) is 0 Å². The van der Waals surface area contributed by atoms with Gasteiger partial charge in [-0.15, -0.1) is 11.6 Å². The molecule has 17 heavy (non-hydrogen) atoms. The average Bonchev–Trinajstić information content (AvgIpc) is 2.30. The van der Waals surface area contributed by atoms with Gasteiger partial charge < -0.3 is 0 Å². The van der Waals surface area contributed by atoms with E-state index in [9.17, 15) is 14.0 Å². The highest BCUT2D eigenvalue weighted by molar-refractivity contribution is 6.17. The number of carbonyl (C=O) groups excluding carboxylic acids is 2. The van der Waals surface area contributed by atoms with Crippen molar-refractivity contribution >= 4 is 23.4 Å². The van der Waals surface area contributed by atoms with Gasteiger partial charge in [-0.3, -0.25) is 19.9 Å². The van der Waals surface area contributed by atoms with Crippen LogP contribution in [0.15, 0.2) is 12.3 Å². The van der Waals surface area contributed by atoms with E-state index in [1.807, 2.05) is 0 Å². The minimum Gasteiger partial charge on any atom is -0.296 e. The number of halogens is 2. The van der Waals surface area contributed by atoms with E-state index in [-0.39, 0.29) is 30.3 Å². The monoisotopic (exact) mass is 256 g/mol. The maximum Gasteiger partial charge on any atom is 0.235 e. The number of rotatable bonds is 2. The van der Waals surface area contributed by atoms with Crippen LogP contribution in [0, 0.1) is 5.82 Å². The summed E-state index contributed by atoms with van der Waals surface area (Å²) in [4.78, 5) is 26.5. The fraction of sp³-hybridized carbons (Fsp3) is 0.364. The lowest BCUT2D eigenvalue weighted by molar-refractivity contribution is -0.134. The summed E-state index contributed by atoms with van der Waals surface area (Å²) in [6.07, 6.45) is 1.89. The van der Waals surface area contributed by atoms with Crippen molar-refractivity contribution in [2.75, 3.05) is 0 Å². The largest absolute Gasteiger partial charge is 0.296 e. The van der Waals surface area contributed by atoms with Crippen LogP contribution in [-0.4, -0.2) is 16.8 Å². The molecule has 0 aliphatic carbocycles. The van der Waals surface area contributed by atoms with E-state index in [0.29, 0.717) is 5.56 Å². The van der Waals surface area contributed by atoms with E-state index >= 15 is 0 Å². The van der Waals surface area contributed by atoms with Gasteiger partial charge in [0, 0.05) is 18.2 Å². The number of amides is 2. The van der Waals surface area contributed by atoms with Crippen molar-refractivity contribution in [2.45, 2.75) is 24.6 Å². The third kappa shape index (κ3) is 2.29. The van der Waals surface area contributed by atoms with Crippen LogP contribution in [0.25, 0.3) is 0 Å². The molecule has 1 aromatic heterocycles. The van der Waals surface area contributed by atoms with Gasteiger partial charge in [0.15, 0.2) is 0 Å². The Kier molecular flexibility index (Phi) is 3.38. The third-order valence-electron chi connectivity index (χ3n) is 2.71. The van der Waals surface area contributed by atoms with Crippen LogP contribution in [-0.2, 0) is 15.5 Å². The molecular weight excluding hydrogens is 247 g/mol. The molecule has 2 heterocycles. The van der Waals surface area contributed by atoms with E-state index in [0.717, 1.165) is 0 Å². The molecule has 2 rings (SSSR count). The predicted octanol–water partition coefficient (Wildman–Crippen LogP) is 1.48. The van der Waals surface area contributed by atoms with Gasteiger partial charge in [0.2, 0.25) is 11.8 Å². The molecule has 2 amide bonds. The van der Waals surface area contributed by atoms with Crippen molar-refractivity contribution in [3.05, 3.63) is 29.3 Å². The summed E-state index contributed by atoms with van der Waals surface area (Å²) in [7, 11) is 0. The number of nitrogens with zero attached hydrogens (tertiary/aromatic N) is 1. The number of imide groups is 1.